The van der Waals surface area contributed by atoms with Crippen LogP contribution in [0, 0.1) is 0 Å². The number of amides is 1. The fourth-order valence-electron chi connectivity index (χ4n) is 1.62. The molecule has 0 radical (unpaired) electrons. The Balaban J connectivity index is 2.33. The van der Waals surface area contributed by atoms with Crippen molar-refractivity contribution in [3.63, 3.8) is 0 Å². The van der Waals surface area contributed by atoms with Gasteiger partial charge in [0.1, 0.15) is 0 Å². The van der Waals surface area contributed by atoms with E-state index in [1.54, 1.807) is 24.3 Å². The topological polar surface area (TPSA) is 55.4 Å². The number of hydrogen-bond acceptors (Lipinski definition) is 3. The molecule has 0 aliphatic carbocycles. The average molecular weight is 264 g/mol. The lowest BCUT2D eigenvalue weighted by atomic mass is 10.1. The zero-order chi connectivity index (χ0) is 13.1. The van der Waals surface area contributed by atoms with Gasteiger partial charge in [-0.05, 0) is 24.3 Å². The summed E-state index contributed by atoms with van der Waals surface area (Å²) in [6.45, 7) is 0. The summed E-state index contributed by atoms with van der Waals surface area (Å²) in [4.78, 5) is 22.6. The van der Waals surface area contributed by atoms with Crippen molar-refractivity contribution in [3.8, 4) is 0 Å². The van der Waals surface area contributed by atoms with Gasteiger partial charge < -0.3 is 10.1 Å². The molecule has 2 rings (SSSR count). The maximum Gasteiger partial charge on any atom is 0.330 e. The molecule has 1 amide bonds. The number of halogens is 1. The highest BCUT2D eigenvalue weighted by molar-refractivity contribution is 6.34. The van der Waals surface area contributed by atoms with E-state index >= 15 is 0 Å². The molecular weight excluding hydrogens is 254 g/mol. The van der Waals surface area contributed by atoms with Gasteiger partial charge >= 0.3 is 5.97 Å². The number of ether oxygens (including phenoxy) is 1. The van der Waals surface area contributed by atoms with Crippen LogP contribution in [0.5, 0.6) is 0 Å². The van der Waals surface area contributed by atoms with E-state index in [9.17, 15) is 9.59 Å². The van der Waals surface area contributed by atoms with Crippen molar-refractivity contribution in [2.75, 3.05) is 12.4 Å². The fraction of sp³-hybridized carbons (Fsp3) is 0.0769. The van der Waals surface area contributed by atoms with Crippen LogP contribution in [0.25, 0.3) is 5.57 Å². The first-order valence-corrected chi connectivity index (χ1v) is 5.57. The van der Waals surface area contributed by atoms with Crippen LogP contribution in [0.15, 0.2) is 36.4 Å². The number of carbonyl (C=O) groups excluding carboxylic acids is 2. The minimum atomic E-state index is -0.475. The van der Waals surface area contributed by atoms with Gasteiger partial charge in [-0.25, -0.2) is 4.79 Å². The maximum absolute atomic E-state index is 11.7. The molecular formula is C13H10ClNO3. The highest BCUT2D eigenvalue weighted by atomic mass is 35.5. The van der Waals surface area contributed by atoms with Crippen LogP contribution < -0.4 is 5.32 Å². The minimum Gasteiger partial charge on any atom is -0.466 e. The number of nitrogens with one attached hydrogen (secondary N) is 1. The van der Waals surface area contributed by atoms with E-state index < -0.39 is 5.97 Å². The highest BCUT2D eigenvalue weighted by Gasteiger charge is 2.23. The third-order valence-electron chi connectivity index (χ3n) is 2.46. The average Bonchev–Trinajstić information content (AvgIpc) is 2.65. The van der Waals surface area contributed by atoms with Gasteiger partial charge in [0, 0.05) is 27.9 Å². The summed E-state index contributed by atoms with van der Waals surface area (Å²) in [7, 11) is 1.29. The van der Waals surface area contributed by atoms with Crippen molar-refractivity contribution in [2.24, 2.45) is 0 Å². The van der Waals surface area contributed by atoms with Gasteiger partial charge in [0.2, 0.25) is 0 Å². The van der Waals surface area contributed by atoms with Crippen molar-refractivity contribution < 1.29 is 14.3 Å². The Bertz CT molecular complexity index is 576. The van der Waals surface area contributed by atoms with E-state index in [4.69, 9.17) is 11.6 Å². The number of fused-ring (bicyclic) bond motifs is 1. The normalized spacial score (nSPS) is 15.9. The Labute approximate surface area is 109 Å². The molecule has 0 unspecified atom stereocenters. The van der Waals surface area contributed by atoms with Crippen LogP contribution in [-0.2, 0) is 14.3 Å². The first kappa shape index (κ1) is 12.4. The van der Waals surface area contributed by atoms with Gasteiger partial charge in [-0.2, -0.15) is 0 Å². The van der Waals surface area contributed by atoms with Crippen molar-refractivity contribution in [1.29, 1.82) is 0 Å². The summed E-state index contributed by atoms with van der Waals surface area (Å²) in [5, 5.41) is 3.26. The standard InChI is InChI=1S/C13H10ClNO3/c1-18-12(16)4-2-3-9-10-7-8(14)5-6-11(10)15-13(9)17/h2-7H,1H3,(H,15,17)/b4-2+,9-3-. The van der Waals surface area contributed by atoms with Gasteiger partial charge in [0.05, 0.1) is 7.11 Å². The van der Waals surface area contributed by atoms with Crippen LogP contribution in [0.1, 0.15) is 5.56 Å². The second-order valence-corrected chi connectivity index (χ2v) is 4.04. The number of rotatable bonds is 2. The molecule has 1 heterocycles. The Morgan fingerprint density at radius 3 is 2.94 bits per heavy atom. The number of methoxy groups -OCH3 is 1. The Morgan fingerprint density at radius 2 is 2.22 bits per heavy atom. The Morgan fingerprint density at radius 1 is 1.44 bits per heavy atom. The third kappa shape index (κ3) is 2.43. The van der Waals surface area contributed by atoms with E-state index in [2.05, 4.69) is 10.1 Å². The fourth-order valence-corrected chi connectivity index (χ4v) is 1.79. The molecule has 1 aliphatic heterocycles. The van der Waals surface area contributed by atoms with E-state index in [-0.39, 0.29) is 5.91 Å². The van der Waals surface area contributed by atoms with E-state index in [1.807, 2.05) is 0 Å². The molecule has 92 valence electrons. The summed E-state index contributed by atoms with van der Waals surface area (Å²) < 4.78 is 4.45. The molecule has 5 heteroatoms. The lowest BCUT2D eigenvalue weighted by Crippen LogP contribution is -2.03. The molecule has 0 saturated carbocycles. The molecule has 18 heavy (non-hydrogen) atoms. The van der Waals surface area contributed by atoms with Crippen LogP contribution in [0.4, 0.5) is 5.69 Å². The van der Waals surface area contributed by atoms with Crippen LogP contribution >= 0.6 is 11.6 Å². The van der Waals surface area contributed by atoms with Gasteiger partial charge in [0.15, 0.2) is 0 Å². The van der Waals surface area contributed by atoms with Gasteiger partial charge in [0.25, 0.3) is 5.91 Å². The Hall–Kier alpha value is -2.07. The first-order valence-electron chi connectivity index (χ1n) is 5.19. The molecule has 0 fully saturated rings. The number of hydrogen-bond donors (Lipinski definition) is 1. The molecule has 0 atom stereocenters. The first-order chi connectivity index (χ1) is 8.61. The number of allylic oxidation sites excluding steroid dienone is 2. The number of esters is 1. The van der Waals surface area contributed by atoms with Crippen LogP contribution in [0.3, 0.4) is 0 Å². The monoisotopic (exact) mass is 263 g/mol. The zero-order valence-electron chi connectivity index (χ0n) is 9.57. The van der Waals surface area contributed by atoms with Crippen LogP contribution in [0.2, 0.25) is 5.02 Å². The van der Waals surface area contributed by atoms with Crippen molar-refractivity contribution in [2.45, 2.75) is 0 Å². The predicted octanol–water partition coefficient (Wildman–Crippen LogP) is 2.40. The lowest BCUT2D eigenvalue weighted by molar-refractivity contribution is -0.134. The summed E-state index contributed by atoms with van der Waals surface area (Å²) in [6.07, 6.45) is 4.26. The van der Waals surface area contributed by atoms with Crippen molar-refractivity contribution in [3.05, 3.63) is 47.0 Å². The number of carbonyl (C=O) groups is 2. The highest BCUT2D eigenvalue weighted by Crippen LogP contribution is 2.33. The smallest absolute Gasteiger partial charge is 0.330 e. The van der Waals surface area contributed by atoms with Gasteiger partial charge in [-0.3, -0.25) is 4.79 Å². The minimum absolute atomic E-state index is 0.221. The quantitative estimate of drug-likeness (QED) is 0.658. The molecule has 0 bridgehead atoms. The van der Waals surface area contributed by atoms with Gasteiger partial charge in [-0.15, -0.1) is 0 Å². The zero-order valence-corrected chi connectivity index (χ0v) is 10.3. The molecule has 0 spiro atoms. The molecule has 1 aromatic carbocycles. The molecule has 0 saturated heterocycles. The summed E-state index contributed by atoms with van der Waals surface area (Å²) in [5.41, 5.74) is 1.90. The number of benzene rings is 1. The SMILES string of the molecule is COC(=O)/C=C/C=C1\C(=O)Nc2ccc(Cl)cc21. The number of anilines is 1. The maximum atomic E-state index is 11.7. The largest absolute Gasteiger partial charge is 0.466 e. The predicted molar refractivity (Wildman–Crippen MR) is 69.2 cm³/mol. The molecule has 1 aliphatic rings. The van der Waals surface area contributed by atoms with Crippen LogP contribution in [-0.4, -0.2) is 19.0 Å². The van der Waals surface area contributed by atoms with Gasteiger partial charge in [-0.1, -0.05) is 17.7 Å². The summed E-state index contributed by atoms with van der Waals surface area (Å²) in [5.74, 6) is -0.696. The second-order valence-electron chi connectivity index (χ2n) is 3.61. The van der Waals surface area contributed by atoms with Crippen molar-refractivity contribution >= 4 is 34.7 Å². The van der Waals surface area contributed by atoms with E-state index in [0.29, 0.717) is 16.3 Å². The molecule has 4 nitrogen and oxygen atoms in total. The molecule has 0 aromatic heterocycles. The van der Waals surface area contributed by atoms with E-state index in [0.717, 1.165) is 5.56 Å². The van der Waals surface area contributed by atoms with E-state index in [1.165, 1.54) is 19.3 Å². The third-order valence-corrected chi connectivity index (χ3v) is 2.70. The molecule has 1 aromatic rings. The van der Waals surface area contributed by atoms with Crippen molar-refractivity contribution in [1.82, 2.24) is 0 Å². The lowest BCUT2D eigenvalue weighted by Gasteiger charge is -1.97. The second kappa shape index (κ2) is 5.06. The summed E-state index contributed by atoms with van der Waals surface area (Å²) >= 11 is 5.88. The summed E-state index contributed by atoms with van der Waals surface area (Å²) in [6, 6.07) is 5.14. The Kier molecular flexibility index (Phi) is 3.48. The molecule has 1 N–H and O–H groups in total.